The van der Waals surface area contributed by atoms with E-state index in [1.165, 1.54) is 0 Å². The molecule has 2 bridgehead atoms. The zero-order valence-electron chi connectivity index (χ0n) is 27.7. The number of fused-ring (bicyclic) bond motifs is 1. The molecule has 0 aromatic rings. The molecule has 3 saturated heterocycles. The summed E-state index contributed by atoms with van der Waals surface area (Å²) in [6.45, 7) is 20.6. The summed E-state index contributed by atoms with van der Waals surface area (Å²) in [6.07, 6.45) is 6.82. The highest BCUT2D eigenvalue weighted by molar-refractivity contribution is 5.98. The van der Waals surface area contributed by atoms with E-state index in [9.17, 15) is 24.3 Å². The van der Waals surface area contributed by atoms with Gasteiger partial charge in [0.05, 0.1) is 24.5 Å². The van der Waals surface area contributed by atoms with Crippen molar-refractivity contribution in [3.63, 3.8) is 0 Å². The third kappa shape index (κ3) is 7.73. The molecular formula is C34H55N3O7. The molecule has 248 valence electrons. The fraction of sp³-hybridized carbons (Fsp3) is 0.765. The number of nitrogens with one attached hydrogen (secondary N) is 1. The first kappa shape index (κ1) is 35.8. The van der Waals surface area contributed by atoms with E-state index in [0.29, 0.717) is 58.0 Å². The standard InChI is InChI=1S/C34H55N3O7/c1-9-11-15-25(39)35-21-23(3)43-31(42)26-24-16-17-34(44-24)27(26)29(40)36(19-13-12-14-20-38)28(34)30(41)37(18-10-2)33(7,8)22-32(4,5)6/h9-10,23-24,26-28,38H,1-2,11-22H2,3-8H3,(H,35,39)/t23-,24+,26-,27-,28+,34-/m0/s1. The molecule has 3 amide bonds. The summed E-state index contributed by atoms with van der Waals surface area (Å²) in [7, 11) is 0. The van der Waals surface area contributed by atoms with Crippen molar-refractivity contribution in [2.24, 2.45) is 17.3 Å². The normalized spacial score (nSPS) is 26.7. The van der Waals surface area contributed by atoms with Gasteiger partial charge >= 0.3 is 5.97 Å². The minimum absolute atomic E-state index is 0.0571. The van der Waals surface area contributed by atoms with E-state index >= 15 is 0 Å². The van der Waals surface area contributed by atoms with E-state index in [-0.39, 0.29) is 36.3 Å². The zero-order chi connectivity index (χ0) is 32.9. The van der Waals surface area contributed by atoms with Crippen molar-refractivity contribution in [3.8, 4) is 0 Å². The van der Waals surface area contributed by atoms with Crippen molar-refractivity contribution >= 4 is 23.7 Å². The van der Waals surface area contributed by atoms with Crippen LogP contribution < -0.4 is 5.32 Å². The van der Waals surface area contributed by atoms with Gasteiger partial charge in [-0.3, -0.25) is 19.2 Å². The number of likely N-dealkylation sites (tertiary alicyclic amines) is 1. The van der Waals surface area contributed by atoms with Gasteiger partial charge in [0.1, 0.15) is 17.7 Å². The molecule has 0 radical (unpaired) electrons. The minimum Gasteiger partial charge on any atom is -0.460 e. The molecule has 0 aromatic heterocycles. The van der Waals surface area contributed by atoms with Crippen molar-refractivity contribution in [2.75, 3.05) is 26.2 Å². The van der Waals surface area contributed by atoms with Crippen LogP contribution in [0.1, 0.15) is 92.9 Å². The third-order valence-electron chi connectivity index (χ3n) is 9.11. The van der Waals surface area contributed by atoms with E-state index in [0.717, 1.165) is 6.42 Å². The molecule has 0 aliphatic carbocycles. The monoisotopic (exact) mass is 617 g/mol. The summed E-state index contributed by atoms with van der Waals surface area (Å²) < 4.78 is 12.4. The summed E-state index contributed by atoms with van der Waals surface area (Å²) in [5.74, 6) is -2.80. The lowest BCUT2D eigenvalue weighted by Gasteiger charge is -2.45. The number of esters is 1. The number of unbranched alkanes of at least 4 members (excludes halogenated alkanes) is 2. The van der Waals surface area contributed by atoms with Crippen LogP contribution in [-0.2, 0) is 28.7 Å². The van der Waals surface area contributed by atoms with Gasteiger partial charge in [-0.15, -0.1) is 13.2 Å². The Bertz CT molecular complexity index is 1080. The van der Waals surface area contributed by atoms with Gasteiger partial charge in [-0.05, 0) is 71.1 Å². The molecule has 2 N–H and O–H groups in total. The number of aliphatic hydroxyl groups excluding tert-OH is 1. The number of hydrogen-bond acceptors (Lipinski definition) is 7. The molecule has 3 heterocycles. The van der Waals surface area contributed by atoms with Crippen LogP contribution in [0.25, 0.3) is 0 Å². The summed E-state index contributed by atoms with van der Waals surface area (Å²) in [5.41, 5.74) is -1.72. The number of carbonyl (C=O) groups excluding carboxylic acids is 4. The SMILES string of the molecule is C=CCCC(=O)NC[C@H](C)OC(=O)[C@@H]1[C@H]2C(=O)N(CCCCCO)[C@H](C(=O)N(CC=C)C(C)(C)CC(C)(C)C)[C@]23CC[C@H]1O3. The highest BCUT2D eigenvalue weighted by Crippen LogP contribution is 2.59. The van der Waals surface area contributed by atoms with Crippen molar-refractivity contribution < 1.29 is 33.8 Å². The molecule has 3 aliphatic rings. The fourth-order valence-corrected chi connectivity index (χ4v) is 7.71. The Morgan fingerprint density at radius 1 is 1.18 bits per heavy atom. The largest absolute Gasteiger partial charge is 0.460 e. The lowest BCUT2D eigenvalue weighted by atomic mass is 9.70. The maximum atomic E-state index is 14.7. The zero-order valence-corrected chi connectivity index (χ0v) is 27.7. The number of hydrogen-bond donors (Lipinski definition) is 2. The quantitative estimate of drug-likeness (QED) is 0.145. The Labute approximate surface area is 263 Å². The number of carbonyl (C=O) groups is 4. The van der Waals surface area contributed by atoms with E-state index in [2.05, 4.69) is 39.2 Å². The molecule has 0 aromatic carbocycles. The number of nitrogens with zero attached hydrogens (tertiary/aromatic N) is 2. The summed E-state index contributed by atoms with van der Waals surface area (Å²) in [5, 5.41) is 12.1. The van der Waals surface area contributed by atoms with E-state index in [1.807, 2.05) is 18.7 Å². The van der Waals surface area contributed by atoms with Crippen LogP contribution in [0.4, 0.5) is 0 Å². The van der Waals surface area contributed by atoms with Gasteiger partial charge < -0.3 is 29.7 Å². The second-order valence-electron chi connectivity index (χ2n) is 14.5. The van der Waals surface area contributed by atoms with E-state index < -0.39 is 47.2 Å². The maximum absolute atomic E-state index is 14.7. The molecule has 44 heavy (non-hydrogen) atoms. The molecule has 3 aliphatic heterocycles. The second kappa shape index (κ2) is 14.6. The molecule has 0 saturated carbocycles. The molecule has 6 atom stereocenters. The third-order valence-corrected chi connectivity index (χ3v) is 9.11. The fourth-order valence-electron chi connectivity index (χ4n) is 7.71. The number of aliphatic hydroxyl groups is 1. The van der Waals surface area contributed by atoms with Crippen LogP contribution in [0.15, 0.2) is 25.3 Å². The lowest BCUT2D eigenvalue weighted by Crippen LogP contribution is -2.61. The number of ether oxygens (including phenoxy) is 2. The van der Waals surface area contributed by atoms with Gasteiger partial charge in [-0.2, -0.15) is 0 Å². The number of rotatable bonds is 17. The van der Waals surface area contributed by atoms with Gasteiger partial charge in [0, 0.05) is 31.7 Å². The first-order chi connectivity index (χ1) is 20.6. The molecule has 0 unspecified atom stereocenters. The highest BCUT2D eigenvalue weighted by Gasteiger charge is 2.75. The van der Waals surface area contributed by atoms with Crippen LogP contribution in [0.2, 0.25) is 0 Å². The smallest absolute Gasteiger partial charge is 0.312 e. The van der Waals surface area contributed by atoms with Crippen LogP contribution in [0.3, 0.4) is 0 Å². The molecule has 10 nitrogen and oxygen atoms in total. The van der Waals surface area contributed by atoms with Crippen LogP contribution in [0, 0.1) is 17.3 Å². The second-order valence-corrected chi connectivity index (χ2v) is 14.5. The Hall–Kier alpha value is -2.72. The molecular weight excluding hydrogens is 562 g/mol. The van der Waals surface area contributed by atoms with Crippen molar-refractivity contribution in [1.29, 1.82) is 0 Å². The topological polar surface area (TPSA) is 125 Å². The molecule has 1 spiro atoms. The van der Waals surface area contributed by atoms with Crippen LogP contribution in [-0.4, -0.2) is 94.2 Å². The van der Waals surface area contributed by atoms with Crippen molar-refractivity contribution in [1.82, 2.24) is 15.1 Å². The Morgan fingerprint density at radius 2 is 1.89 bits per heavy atom. The molecule has 3 fully saturated rings. The summed E-state index contributed by atoms with van der Waals surface area (Å²) in [4.78, 5) is 58.1. The van der Waals surface area contributed by atoms with E-state index in [1.54, 1.807) is 24.0 Å². The lowest BCUT2D eigenvalue weighted by molar-refractivity contribution is -0.159. The van der Waals surface area contributed by atoms with Gasteiger partial charge in [0.15, 0.2) is 0 Å². The van der Waals surface area contributed by atoms with Crippen molar-refractivity contribution in [2.45, 2.75) is 122 Å². The summed E-state index contributed by atoms with van der Waals surface area (Å²) in [6, 6.07) is -0.877. The van der Waals surface area contributed by atoms with E-state index in [4.69, 9.17) is 9.47 Å². The maximum Gasteiger partial charge on any atom is 0.312 e. The van der Waals surface area contributed by atoms with Gasteiger partial charge in [0.2, 0.25) is 17.7 Å². The first-order valence-corrected chi connectivity index (χ1v) is 16.2. The predicted octanol–water partition coefficient (Wildman–Crippen LogP) is 3.77. The van der Waals surface area contributed by atoms with Gasteiger partial charge in [-0.25, -0.2) is 0 Å². The predicted molar refractivity (Wildman–Crippen MR) is 168 cm³/mol. The van der Waals surface area contributed by atoms with Crippen LogP contribution >= 0.6 is 0 Å². The molecule has 3 rings (SSSR count). The Kier molecular flexibility index (Phi) is 11.9. The summed E-state index contributed by atoms with van der Waals surface area (Å²) >= 11 is 0. The Balaban J connectivity index is 1.90. The van der Waals surface area contributed by atoms with Gasteiger partial charge in [-0.1, -0.05) is 32.9 Å². The average Bonchev–Trinajstić information content (AvgIpc) is 3.57. The highest BCUT2D eigenvalue weighted by atomic mass is 16.6. The first-order valence-electron chi connectivity index (χ1n) is 16.2. The average molecular weight is 618 g/mol. The van der Waals surface area contributed by atoms with Gasteiger partial charge in [0.25, 0.3) is 0 Å². The Morgan fingerprint density at radius 3 is 2.50 bits per heavy atom. The molecule has 10 heteroatoms. The van der Waals surface area contributed by atoms with Crippen LogP contribution in [0.5, 0.6) is 0 Å². The number of amides is 3. The minimum atomic E-state index is -1.13. The number of allylic oxidation sites excluding steroid dienone is 1. The van der Waals surface area contributed by atoms with Crippen molar-refractivity contribution in [3.05, 3.63) is 25.3 Å².